The number of amides is 1. The smallest absolute Gasteiger partial charge is 0.220 e. The molecule has 1 aliphatic rings. The van der Waals surface area contributed by atoms with Crippen LogP contribution in [0.15, 0.2) is 78.6 Å². The molecule has 1 aromatic heterocycles. The van der Waals surface area contributed by atoms with Crippen LogP contribution in [0.2, 0.25) is 0 Å². The van der Waals surface area contributed by atoms with Crippen LogP contribution in [-0.4, -0.2) is 35.3 Å². The van der Waals surface area contributed by atoms with Gasteiger partial charge in [-0.3, -0.25) is 9.59 Å². The van der Waals surface area contributed by atoms with E-state index in [2.05, 4.69) is 16.4 Å². The Bertz CT molecular complexity index is 1240. The molecule has 34 heavy (non-hydrogen) atoms. The molecule has 8 nitrogen and oxygen atoms in total. The number of carbonyl (C=O) groups excluding carboxylic acids is 2. The highest BCUT2D eigenvalue weighted by Gasteiger charge is 2.31. The summed E-state index contributed by atoms with van der Waals surface area (Å²) >= 11 is 0. The van der Waals surface area contributed by atoms with Crippen molar-refractivity contribution in [2.45, 2.75) is 25.9 Å². The Morgan fingerprint density at radius 1 is 1.00 bits per heavy atom. The third-order valence-electron chi connectivity index (χ3n) is 5.84. The first-order valence-electron chi connectivity index (χ1n) is 11.0. The number of Topliss-reactive ketones (excluding diaryl/α,β-unsaturated/α-hetero) is 1. The Morgan fingerprint density at radius 2 is 1.71 bits per heavy atom. The maximum Gasteiger partial charge on any atom is 0.220 e. The number of rotatable bonds is 8. The van der Waals surface area contributed by atoms with Gasteiger partial charge in [-0.05, 0) is 23.3 Å². The van der Waals surface area contributed by atoms with Crippen LogP contribution in [0.3, 0.4) is 0 Å². The standard InChI is InChI=1S/C26H26N6O2/c1-30-22-8-3-4-9-23(22)31(2)26(30)21(15-27)24(33)10-11-25(34)29-16-19-6-5-7-20(14-19)17-32-13-12-28-18-32/h3-9,12-14,18H,10-11,16-17H2,1-2H3,(H,29,34). The average molecular weight is 455 g/mol. The number of nitrogens with zero attached hydrogens (tertiary/aromatic N) is 5. The third kappa shape index (κ3) is 4.84. The quantitative estimate of drug-likeness (QED) is 0.415. The van der Waals surface area contributed by atoms with Gasteiger partial charge in [0, 0.05) is 52.4 Å². The molecule has 2 aromatic carbocycles. The molecule has 1 amide bonds. The van der Waals surface area contributed by atoms with Gasteiger partial charge in [0.25, 0.3) is 0 Å². The predicted molar refractivity (Wildman–Crippen MR) is 130 cm³/mol. The summed E-state index contributed by atoms with van der Waals surface area (Å²) in [6.07, 6.45) is 5.38. The molecule has 8 heteroatoms. The normalized spacial score (nSPS) is 12.3. The number of carbonyl (C=O) groups is 2. The number of hydrogen-bond acceptors (Lipinski definition) is 6. The molecule has 0 spiro atoms. The van der Waals surface area contributed by atoms with Gasteiger partial charge < -0.3 is 19.7 Å². The number of aromatic nitrogens is 2. The molecular weight excluding hydrogens is 428 g/mol. The van der Waals surface area contributed by atoms with Gasteiger partial charge in [0.2, 0.25) is 5.91 Å². The number of imidazole rings is 1. The zero-order chi connectivity index (χ0) is 24.1. The van der Waals surface area contributed by atoms with Gasteiger partial charge in [-0.25, -0.2) is 4.98 Å². The summed E-state index contributed by atoms with van der Waals surface area (Å²) in [5.41, 5.74) is 3.99. The van der Waals surface area contributed by atoms with Gasteiger partial charge in [-0.1, -0.05) is 36.4 Å². The summed E-state index contributed by atoms with van der Waals surface area (Å²) in [6.45, 7) is 1.08. The molecule has 0 radical (unpaired) electrons. The molecule has 0 unspecified atom stereocenters. The summed E-state index contributed by atoms with van der Waals surface area (Å²) in [5.74, 6) is -0.0441. The van der Waals surface area contributed by atoms with Gasteiger partial charge in [0.15, 0.2) is 5.78 Å². The van der Waals surface area contributed by atoms with Crippen LogP contribution in [0.25, 0.3) is 0 Å². The lowest BCUT2D eigenvalue weighted by atomic mass is 10.1. The lowest BCUT2D eigenvalue weighted by molar-refractivity contribution is -0.124. The monoisotopic (exact) mass is 454 g/mol. The number of nitrogens with one attached hydrogen (secondary N) is 1. The molecule has 1 N–H and O–H groups in total. The van der Waals surface area contributed by atoms with Gasteiger partial charge >= 0.3 is 0 Å². The Balaban J connectivity index is 1.34. The molecule has 172 valence electrons. The van der Waals surface area contributed by atoms with Crippen LogP contribution in [-0.2, 0) is 22.7 Å². The number of nitriles is 1. The Kier molecular flexibility index (Phi) is 6.74. The van der Waals surface area contributed by atoms with E-state index in [-0.39, 0.29) is 30.1 Å². The van der Waals surface area contributed by atoms with Crippen molar-refractivity contribution in [1.29, 1.82) is 5.26 Å². The van der Waals surface area contributed by atoms with Crippen molar-refractivity contribution < 1.29 is 9.59 Å². The molecule has 0 bridgehead atoms. The Morgan fingerprint density at radius 3 is 2.35 bits per heavy atom. The van der Waals surface area contributed by atoms with Crippen LogP contribution >= 0.6 is 0 Å². The number of para-hydroxylation sites is 2. The lowest BCUT2D eigenvalue weighted by Crippen LogP contribution is -2.27. The Hall–Kier alpha value is -4.38. The van der Waals surface area contributed by atoms with Gasteiger partial charge in [-0.2, -0.15) is 5.26 Å². The largest absolute Gasteiger partial charge is 0.352 e. The van der Waals surface area contributed by atoms with Gasteiger partial charge in [0.05, 0.1) is 17.7 Å². The molecule has 4 rings (SSSR count). The van der Waals surface area contributed by atoms with Crippen molar-refractivity contribution in [3.63, 3.8) is 0 Å². The average Bonchev–Trinajstić information content (AvgIpc) is 3.45. The molecule has 0 atom stereocenters. The SMILES string of the molecule is CN1C(=C(C#N)C(=O)CCC(=O)NCc2cccc(Cn3ccnc3)c2)N(C)c2ccccc21. The fourth-order valence-corrected chi connectivity index (χ4v) is 4.13. The van der Waals surface area contributed by atoms with Crippen molar-refractivity contribution >= 4 is 23.1 Å². The van der Waals surface area contributed by atoms with Crippen molar-refractivity contribution in [3.8, 4) is 6.07 Å². The minimum atomic E-state index is -0.346. The van der Waals surface area contributed by atoms with E-state index in [4.69, 9.17) is 0 Å². The molecule has 3 aromatic rings. The number of ketones is 1. The molecule has 0 saturated heterocycles. The van der Waals surface area contributed by atoms with E-state index in [1.807, 2.05) is 83.2 Å². The van der Waals surface area contributed by atoms with E-state index in [1.165, 1.54) is 0 Å². The second-order valence-corrected chi connectivity index (χ2v) is 8.17. The van der Waals surface area contributed by atoms with E-state index >= 15 is 0 Å². The fraction of sp³-hybridized carbons (Fsp3) is 0.231. The highest BCUT2D eigenvalue weighted by molar-refractivity contribution is 6.03. The van der Waals surface area contributed by atoms with E-state index in [0.29, 0.717) is 18.9 Å². The fourth-order valence-electron chi connectivity index (χ4n) is 4.13. The predicted octanol–water partition coefficient (Wildman–Crippen LogP) is 3.22. The minimum Gasteiger partial charge on any atom is -0.352 e. The summed E-state index contributed by atoms with van der Waals surface area (Å²) in [4.78, 5) is 33.0. The molecule has 0 fully saturated rings. The first kappa shape index (κ1) is 22.8. The number of anilines is 2. The minimum absolute atomic E-state index is 0.0202. The summed E-state index contributed by atoms with van der Waals surface area (Å²) in [6, 6.07) is 17.7. The maximum absolute atomic E-state index is 12.9. The second-order valence-electron chi connectivity index (χ2n) is 8.17. The third-order valence-corrected chi connectivity index (χ3v) is 5.84. The summed E-state index contributed by atoms with van der Waals surface area (Å²) in [7, 11) is 3.66. The van der Waals surface area contributed by atoms with Crippen LogP contribution in [0.4, 0.5) is 11.4 Å². The zero-order valence-corrected chi connectivity index (χ0v) is 19.2. The first-order valence-corrected chi connectivity index (χ1v) is 11.0. The number of benzene rings is 2. The number of allylic oxidation sites excluding steroid dienone is 1. The van der Waals surface area contributed by atoms with Gasteiger partial charge in [0.1, 0.15) is 17.5 Å². The topological polar surface area (TPSA) is 94.3 Å². The van der Waals surface area contributed by atoms with E-state index in [1.54, 1.807) is 12.5 Å². The molecule has 0 aliphatic carbocycles. The van der Waals surface area contributed by atoms with Crippen LogP contribution in [0.1, 0.15) is 24.0 Å². The molecule has 2 heterocycles. The molecular formula is C26H26N6O2. The highest BCUT2D eigenvalue weighted by Crippen LogP contribution is 2.40. The Labute approximate surface area is 198 Å². The summed E-state index contributed by atoms with van der Waals surface area (Å²) in [5, 5.41) is 12.6. The number of fused-ring (bicyclic) bond motifs is 1. The molecule has 0 saturated carbocycles. The van der Waals surface area contributed by atoms with Crippen LogP contribution in [0.5, 0.6) is 0 Å². The van der Waals surface area contributed by atoms with Crippen molar-refractivity contribution in [2.24, 2.45) is 0 Å². The van der Waals surface area contributed by atoms with Crippen molar-refractivity contribution in [1.82, 2.24) is 14.9 Å². The summed E-state index contributed by atoms with van der Waals surface area (Å²) < 4.78 is 1.97. The lowest BCUT2D eigenvalue weighted by Gasteiger charge is -2.19. The highest BCUT2D eigenvalue weighted by atomic mass is 16.2. The van der Waals surface area contributed by atoms with Crippen molar-refractivity contribution in [2.75, 3.05) is 23.9 Å². The van der Waals surface area contributed by atoms with E-state index in [0.717, 1.165) is 22.5 Å². The van der Waals surface area contributed by atoms with E-state index < -0.39 is 0 Å². The zero-order valence-electron chi connectivity index (χ0n) is 19.2. The molecule has 1 aliphatic heterocycles. The van der Waals surface area contributed by atoms with Crippen LogP contribution < -0.4 is 15.1 Å². The maximum atomic E-state index is 12.9. The van der Waals surface area contributed by atoms with Gasteiger partial charge in [-0.15, -0.1) is 0 Å². The van der Waals surface area contributed by atoms with Crippen LogP contribution in [0, 0.1) is 11.3 Å². The number of hydrogen-bond donors (Lipinski definition) is 1. The van der Waals surface area contributed by atoms with E-state index in [9.17, 15) is 14.9 Å². The first-order chi connectivity index (χ1) is 16.5. The second kappa shape index (κ2) is 10.0. The van der Waals surface area contributed by atoms with Crippen molar-refractivity contribution in [3.05, 3.63) is 89.8 Å².